The monoisotopic (exact) mass is 281 g/mol. The van der Waals surface area contributed by atoms with Crippen LogP contribution in [0.1, 0.15) is 49.8 Å². The Balaban J connectivity index is 1.63. The number of aryl methyl sites for hydroxylation is 2. The van der Waals surface area contributed by atoms with Gasteiger partial charge in [0.15, 0.2) is 0 Å². The molecule has 2 aliphatic rings. The molecule has 3 nitrogen and oxygen atoms in total. The van der Waals surface area contributed by atoms with Crippen molar-refractivity contribution in [3.05, 3.63) is 16.4 Å². The number of hydrogen-bond acceptors (Lipinski definition) is 2. The minimum absolute atomic E-state index is 0.699. The van der Waals surface area contributed by atoms with Crippen LogP contribution < -0.4 is 0 Å². The van der Waals surface area contributed by atoms with Gasteiger partial charge in [-0.15, -0.1) is 0 Å². The molecule has 0 N–H and O–H groups in total. The number of rotatable bonds is 2. The van der Waals surface area contributed by atoms with E-state index in [1.165, 1.54) is 57.2 Å². The molecule has 1 aliphatic heterocycles. The quantitative estimate of drug-likeness (QED) is 0.827. The highest BCUT2D eigenvalue weighted by molar-refractivity contribution is 6.30. The Bertz CT molecular complexity index is 450. The standard InChI is InChI=1S/C15H24ClN3/c1-12-13(14(16)18(2)17-12)11-19-9-7-15(8-10-19)5-3-4-6-15/h3-11H2,1-2H3. The number of nitrogens with zero attached hydrogens (tertiary/aromatic N) is 3. The van der Waals surface area contributed by atoms with Crippen molar-refractivity contribution in [2.24, 2.45) is 12.5 Å². The molecular formula is C15H24ClN3. The maximum Gasteiger partial charge on any atom is 0.131 e. The third-order valence-electron chi connectivity index (χ3n) is 5.23. The van der Waals surface area contributed by atoms with E-state index in [2.05, 4.69) is 16.9 Å². The topological polar surface area (TPSA) is 21.1 Å². The van der Waals surface area contributed by atoms with Gasteiger partial charge in [-0.3, -0.25) is 9.58 Å². The molecule has 1 saturated heterocycles. The molecule has 1 aromatic rings. The number of halogens is 1. The Kier molecular flexibility index (Phi) is 3.61. The van der Waals surface area contributed by atoms with Crippen molar-refractivity contribution in [3.8, 4) is 0 Å². The van der Waals surface area contributed by atoms with Crippen molar-refractivity contribution < 1.29 is 0 Å². The fourth-order valence-electron chi connectivity index (χ4n) is 3.89. The molecule has 0 aromatic carbocycles. The summed E-state index contributed by atoms with van der Waals surface area (Å²) in [6.45, 7) is 5.48. The van der Waals surface area contributed by atoms with Gasteiger partial charge in [0, 0.05) is 19.2 Å². The lowest BCUT2D eigenvalue weighted by molar-refractivity contribution is 0.103. The van der Waals surface area contributed by atoms with Gasteiger partial charge in [-0.25, -0.2) is 0 Å². The summed E-state index contributed by atoms with van der Waals surface area (Å²) in [5.41, 5.74) is 2.99. The summed E-state index contributed by atoms with van der Waals surface area (Å²) in [6.07, 6.45) is 8.59. The van der Waals surface area contributed by atoms with Crippen LogP contribution in [0.4, 0.5) is 0 Å². The van der Waals surface area contributed by atoms with Crippen LogP contribution in [0.15, 0.2) is 0 Å². The molecule has 0 radical (unpaired) electrons. The molecule has 4 heteroatoms. The predicted molar refractivity (Wildman–Crippen MR) is 78.4 cm³/mol. The summed E-state index contributed by atoms with van der Waals surface area (Å²) in [4.78, 5) is 2.56. The minimum Gasteiger partial charge on any atom is -0.299 e. The summed E-state index contributed by atoms with van der Waals surface area (Å²) in [5.74, 6) is 0. The molecular weight excluding hydrogens is 258 g/mol. The molecule has 2 fully saturated rings. The zero-order valence-corrected chi connectivity index (χ0v) is 12.8. The van der Waals surface area contributed by atoms with Gasteiger partial charge in [0.2, 0.25) is 0 Å². The number of likely N-dealkylation sites (tertiary alicyclic amines) is 1. The molecule has 3 rings (SSSR count). The maximum absolute atomic E-state index is 6.33. The number of hydrogen-bond donors (Lipinski definition) is 0. The Morgan fingerprint density at radius 2 is 1.79 bits per heavy atom. The molecule has 1 spiro atoms. The fraction of sp³-hybridized carbons (Fsp3) is 0.800. The second-order valence-corrected chi connectivity index (χ2v) is 6.82. The largest absolute Gasteiger partial charge is 0.299 e. The van der Waals surface area contributed by atoms with Gasteiger partial charge < -0.3 is 0 Å². The van der Waals surface area contributed by atoms with Crippen LogP contribution in [0.2, 0.25) is 5.15 Å². The van der Waals surface area contributed by atoms with E-state index in [1.54, 1.807) is 4.68 Å². The van der Waals surface area contributed by atoms with Crippen LogP contribution >= 0.6 is 11.6 Å². The van der Waals surface area contributed by atoms with Crippen molar-refractivity contribution >= 4 is 11.6 Å². The molecule has 0 atom stereocenters. The van der Waals surface area contributed by atoms with E-state index in [4.69, 9.17) is 11.6 Å². The molecule has 1 aliphatic carbocycles. The Morgan fingerprint density at radius 3 is 2.32 bits per heavy atom. The third-order valence-corrected chi connectivity index (χ3v) is 5.71. The summed E-state index contributed by atoms with van der Waals surface area (Å²) < 4.78 is 1.79. The SMILES string of the molecule is Cc1nn(C)c(Cl)c1CN1CCC2(CCCC2)CC1. The Morgan fingerprint density at radius 1 is 1.16 bits per heavy atom. The van der Waals surface area contributed by atoms with E-state index in [-0.39, 0.29) is 0 Å². The van der Waals surface area contributed by atoms with Gasteiger partial charge in [-0.1, -0.05) is 24.4 Å². The predicted octanol–water partition coefficient (Wildman–Crippen LogP) is 3.54. The normalized spacial score (nSPS) is 23.3. The molecule has 19 heavy (non-hydrogen) atoms. The van der Waals surface area contributed by atoms with Crippen LogP contribution in [-0.4, -0.2) is 27.8 Å². The highest BCUT2D eigenvalue weighted by Crippen LogP contribution is 2.46. The van der Waals surface area contributed by atoms with Crippen molar-refractivity contribution in [2.75, 3.05) is 13.1 Å². The first kappa shape index (κ1) is 13.4. The Labute approximate surface area is 120 Å². The smallest absolute Gasteiger partial charge is 0.131 e. The van der Waals surface area contributed by atoms with Gasteiger partial charge >= 0.3 is 0 Å². The lowest BCUT2D eigenvalue weighted by Crippen LogP contribution is -2.38. The first-order valence-electron chi connectivity index (χ1n) is 7.50. The third kappa shape index (κ3) is 2.55. The fourth-order valence-corrected chi connectivity index (χ4v) is 4.12. The molecule has 1 saturated carbocycles. The lowest BCUT2D eigenvalue weighted by atomic mass is 9.77. The van der Waals surface area contributed by atoms with Crippen LogP contribution in [0.3, 0.4) is 0 Å². The first-order chi connectivity index (χ1) is 9.10. The van der Waals surface area contributed by atoms with E-state index in [0.717, 1.165) is 17.4 Å². The van der Waals surface area contributed by atoms with E-state index in [1.807, 2.05) is 7.05 Å². The van der Waals surface area contributed by atoms with E-state index >= 15 is 0 Å². The molecule has 1 aromatic heterocycles. The number of aromatic nitrogens is 2. The average Bonchev–Trinajstić information content (AvgIpc) is 2.94. The van der Waals surface area contributed by atoms with Gasteiger partial charge in [0.05, 0.1) is 5.69 Å². The molecule has 2 heterocycles. The summed E-state index contributed by atoms with van der Waals surface area (Å²) in [7, 11) is 1.92. The second-order valence-electron chi connectivity index (χ2n) is 6.46. The van der Waals surface area contributed by atoms with Crippen molar-refractivity contribution in [3.63, 3.8) is 0 Å². The van der Waals surface area contributed by atoms with E-state index in [9.17, 15) is 0 Å². The highest BCUT2D eigenvalue weighted by Gasteiger charge is 2.37. The second kappa shape index (κ2) is 5.10. The average molecular weight is 282 g/mol. The van der Waals surface area contributed by atoms with Gasteiger partial charge in [-0.2, -0.15) is 5.10 Å². The molecule has 0 bridgehead atoms. The van der Waals surface area contributed by atoms with Crippen LogP contribution in [-0.2, 0) is 13.6 Å². The van der Waals surface area contributed by atoms with Crippen molar-refractivity contribution in [2.45, 2.75) is 52.0 Å². The zero-order valence-electron chi connectivity index (χ0n) is 12.1. The van der Waals surface area contributed by atoms with E-state index in [0.29, 0.717) is 5.41 Å². The highest BCUT2D eigenvalue weighted by atomic mass is 35.5. The summed E-state index contributed by atoms with van der Waals surface area (Å²) >= 11 is 6.33. The molecule has 0 unspecified atom stereocenters. The lowest BCUT2D eigenvalue weighted by Gasteiger charge is -2.39. The molecule has 0 amide bonds. The van der Waals surface area contributed by atoms with Crippen molar-refractivity contribution in [1.29, 1.82) is 0 Å². The van der Waals surface area contributed by atoms with Crippen LogP contribution in [0.5, 0.6) is 0 Å². The maximum atomic E-state index is 6.33. The van der Waals surface area contributed by atoms with Gasteiger partial charge in [0.25, 0.3) is 0 Å². The minimum atomic E-state index is 0.699. The zero-order chi connectivity index (χ0) is 13.5. The summed E-state index contributed by atoms with van der Waals surface area (Å²) in [5, 5.41) is 5.21. The molecule has 106 valence electrons. The first-order valence-corrected chi connectivity index (χ1v) is 7.88. The van der Waals surface area contributed by atoms with Crippen LogP contribution in [0.25, 0.3) is 0 Å². The van der Waals surface area contributed by atoms with Gasteiger partial charge in [0.1, 0.15) is 5.15 Å². The Hall–Kier alpha value is -0.540. The van der Waals surface area contributed by atoms with E-state index < -0.39 is 0 Å². The van der Waals surface area contributed by atoms with Crippen molar-refractivity contribution in [1.82, 2.24) is 14.7 Å². The van der Waals surface area contributed by atoms with Crippen LogP contribution in [0, 0.1) is 12.3 Å². The summed E-state index contributed by atoms with van der Waals surface area (Å²) in [6, 6.07) is 0. The number of piperidine rings is 1. The van der Waals surface area contributed by atoms with Gasteiger partial charge in [-0.05, 0) is 51.1 Å².